The third-order valence-electron chi connectivity index (χ3n) is 3.90. The molecule has 0 saturated carbocycles. The Bertz CT molecular complexity index is 449. The van der Waals surface area contributed by atoms with Crippen molar-refractivity contribution in [2.24, 2.45) is 11.8 Å². The summed E-state index contributed by atoms with van der Waals surface area (Å²) in [6, 6.07) is 5.63. The number of unbranched alkanes of at least 4 members (excludes halogenated alkanes) is 2. The highest BCUT2D eigenvalue weighted by molar-refractivity contribution is 5.72. The molecule has 0 aromatic heterocycles. The van der Waals surface area contributed by atoms with Gasteiger partial charge in [0.1, 0.15) is 11.5 Å². The minimum atomic E-state index is 0.167. The number of phenolic OH excluding ortho intramolecular Hbond substituents is 1. The monoisotopic (exact) mass is 424 g/mol. The molecule has 0 amide bonds. The van der Waals surface area contributed by atoms with E-state index in [0.29, 0.717) is 5.75 Å². The molecule has 30 heavy (non-hydrogen) atoms. The quantitative estimate of drug-likeness (QED) is 0.473. The molecule has 1 N–H and O–H groups in total. The van der Waals surface area contributed by atoms with Crippen molar-refractivity contribution in [3.63, 3.8) is 0 Å². The average Bonchev–Trinajstić information content (AvgIpc) is 2.68. The molecule has 0 aliphatic rings. The van der Waals surface area contributed by atoms with E-state index in [4.69, 9.17) is 0 Å². The summed E-state index contributed by atoms with van der Waals surface area (Å²) in [5.74, 6) is 2.37. The van der Waals surface area contributed by atoms with Crippen molar-refractivity contribution in [3.05, 3.63) is 29.3 Å². The molecule has 2 nitrogen and oxygen atoms in total. The minimum Gasteiger partial charge on any atom is -0.508 e. The average molecular weight is 425 g/mol. The number of ketones is 1. The van der Waals surface area contributed by atoms with Crippen LogP contribution in [0.5, 0.6) is 5.75 Å². The number of hydrogen-bond acceptors (Lipinski definition) is 2. The first-order valence-electron chi connectivity index (χ1n) is 12.3. The maximum absolute atomic E-state index is 9.44. The number of aromatic hydroxyl groups is 1. The Labute approximate surface area is 190 Å². The summed E-state index contributed by atoms with van der Waals surface area (Å²) in [5, 5.41) is 9.23. The molecular weight excluding hydrogens is 368 g/mol. The fourth-order valence-electron chi connectivity index (χ4n) is 2.30. The lowest BCUT2D eigenvalue weighted by molar-refractivity contribution is -0.114. The number of rotatable bonds is 7. The molecule has 1 aromatic rings. The lowest BCUT2D eigenvalue weighted by atomic mass is 9.98. The van der Waals surface area contributed by atoms with Gasteiger partial charge >= 0.3 is 0 Å². The highest BCUT2D eigenvalue weighted by atomic mass is 16.3. The van der Waals surface area contributed by atoms with Crippen LogP contribution in [-0.4, -0.2) is 10.9 Å². The summed E-state index contributed by atoms with van der Waals surface area (Å²) in [7, 11) is 0. The molecule has 0 aliphatic heterocycles. The van der Waals surface area contributed by atoms with E-state index in [1.54, 1.807) is 6.07 Å². The second kappa shape index (κ2) is 27.7. The van der Waals surface area contributed by atoms with Crippen LogP contribution in [0.15, 0.2) is 18.2 Å². The number of carbonyl (C=O) groups excluding carboxylic acids is 1. The van der Waals surface area contributed by atoms with Crippen LogP contribution in [0.25, 0.3) is 0 Å². The van der Waals surface area contributed by atoms with Crippen LogP contribution >= 0.6 is 0 Å². The van der Waals surface area contributed by atoms with Gasteiger partial charge in [-0.15, -0.1) is 0 Å². The van der Waals surface area contributed by atoms with Gasteiger partial charge in [0.05, 0.1) is 0 Å². The standard InChI is InChI=1S/C10H22.C9H12O.C4H10.C3H6O.C2H6/c1-4-6-8-10(3)9-7-5-2;1-3-8-5-4-6-9(10)7(8)2;1-4(2)3;1-3(2)4;1-2/h10H,4-9H2,1-3H3;4-6,10H,3H2,1-2H3;4H,1-3H3;1-2H3;1-2H3. The van der Waals surface area contributed by atoms with Gasteiger partial charge in [-0.2, -0.15) is 0 Å². The van der Waals surface area contributed by atoms with Crippen LogP contribution in [0.2, 0.25) is 0 Å². The molecule has 0 saturated heterocycles. The van der Waals surface area contributed by atoms with Crippen molar-refractivity contribution in [3.8, 4) is 5.75 Å². The predicted molar refractivity (Wildman–Crippen MR) is 139 cm³/mol. The highest BCUT2D eigenvalue weighted by Gasteiger charge is 1.99. The fourth-order valence-corrected chi connectivity index (χ4v) is 2.30. The van der Waals surface area contributed by atoms with Crippen molar-refractivity contribution in [1.29, 1.82) is 0 Å². The van der Waals surface area contributed by atoms with E-state index in [1.807, 2.05) is 32.9 Å². The molecule has 0 unspecified atom stereocenters. The van der Waals surface area contributed by atoms with Gasteiger partial charge in [0.2, 0.25) is 0 Å². The van der Waals surface area contributed by atoms with Gasteiger partial charge in [0.25, 0.3) is 0 Å². The second-order valence-electron chi connectivity index (χ2n) is 8.44. The Balaban J connectivity index is -0.000000158. The summed E-state index contributed by atoms with van der Waals surface area (Å²) in [5.41, 5.74) is 2.23. The van der Waals surface area contributed by atoms with Crippen molar-refractivity contribution in [2.45, 2.75) is 128 Å². The number of carbonyl (C=O) groups is 1. The number of phenols is 1. The Morgan fingerprint density at radius 3 is 1.53 bits per heavy atom. The van der Waals surface area contributed by atoms with Crippen molar-refractivity contribution >= 4 is 5.78 Å². The van der Waals surface area contributed by atoms with Gasteiger partial charge in [-0.25, -0.2) is 0 Å². The zero-order valence-electron chi connectivity index (χ0n) is 22.7. The van der Waals surface area contributed by atoms with Gasteiger partial charge in [0, 0.05) is 0 Å². The summed E-state index contributed by atoms with van der Waals surface area (Å²) in [4.78, 5) is 9.44. The number of aryl methyl sites for hydroxylation is 1. The predicted octanol–water partition coefficient (Wildman–Crippen LogP) is 9.55. The van der Waals surface area contributed by atoms with Crippen molar-refractivity contribution < 1.29 is 9.90 Å². The number of hydrogen-bond donors (Lipinski definition) is 1. The first-order chi connectivity index (χ1) is 14.0. The minimum absolute atomic E-state index is 0.167. The lowest BCUT2D eigenvalue weighted by Gasteiger charge is -2.08. The molecule has 1 rings (SSSR count). The Morgan fingerprint density at radius 1 is 0.900 bits per heavy atom. The number of Topliss-reactive ketones (excluding diaryl/α,β-unsaturated/α-hetero) is 1. The highest BCUT2D eigenvalue weighted by Crippen LogP contribution is 2.19. The van der Waals surface area contributed by atoms with E-state index < -0.39 is 0 Å². The lowest BCUT2D eigenvalue weighted by Crippen LogP contribution is -1.93. The second-order valence-corrected chi connectivity index (χ2v) is 8.44. The smallest absolute Gasteiger partial charge is 0.126 e. The molecule has 0 bridgehead atoms. The van der Waals surface area contributed by atoms with Crippen LogP contribution in [0.4, 0.5) is 0 Å². The number of benzene rings is 1. The zero-order valence-corrected chi connectivity index (χ0v) is 22.7. The van der Waals surface area contributed by atoms with Crippen LogP contribution in [-0.2, 0) is 11.2 Å². The van der Waals surface area contributed by atoms with E-state index in [0.717, 1.165) is 23.8 Å². The summed E-state index contributed by atoms with van der Waals surface area (Å²) in [6.45, 7) is 24.5. The van der Waals surface area contributed by atoms with Crippen molar-refractivity contribution in [2.75, 3.05) is 0 Å². The molecule has 180 valence electrons. The SMILES string of the molecule is CC.CC(C)=O.CC(C)C.CCCCC(C)CCCC.CCc1cccc(O)c1C. The van der Waals surface area contributed by atoms with Crippen LogP contribution < -0.4 is 0 Å². The summed E-state index contributed by atoms with van der Waals surface area (Å²) >= 11 is 0. The maximum atomic E-state index is 9.44. The van der Waals surface area contributed by atoms with Gasteiger partial charge in [0.15, 0.2) is 0 Å². The normalized spacial score (nSPS) is 9.13. The third-order valence-corrected chi connectivity index (χ3v) is 3.90. The van der Waals surface area contributed by atoms with Crippen LogP contribution in [0.3, 0.4) is 0 Å². The molecular formula is C28H56O2. The van der Waals surface area contributed by atoms with Crippen LogP contribution in [0, 0.1) is 18.8 Å². The first kappa shape index (κ1) is 36.1. The van der Waals surface area contributed by atoms with E-state index >= 15 is 0 Å². The van der Waals surface area contributed by atoms with Gasteiger partial charge in [-0.05, 0) is 56.2 Å². The molecule has 0 aliphatic carbocycles. The maximum Gasteiger partial charge on any atom is 0.126 e. The third kappa shape index (κ3) is 34.2. The molecule has 0 fully saturated rings. The van der Waals surface area contributed by atoms with Gasteiger partial charge in [-0.1, -0.05) is 113 Å². The van der Waals surface area contributed by atoms with Crippen LogP contribution in [0.1, 0.15) is 126 Å². The largest absolute Gasteiger partial charge is 0.508 e. The topological polar surface area (TPSA) is 37.3 Å². The van der Waals surface area contributed by atoms with E-state index in [2.05, 4.69) is 48.5 Å². The van der Waals surface area contributed by atoms with E-state index in [-0.39, 0.29) is 5.78 Å². The Kier molecular flexibility index (Phi) is 33.3. The molecule has 0 atom stereocenters. The zero-order chi connectivity index (χ0) is 24.5. The Hall–Kier alpha value is -1.31. The molecule has 1 aromatic carbocycles. The fraction of sp³-hybridized carbons (Fsp3) is 0.750. The molecule has 0 spiro atoms. The summed E-state index contributed by atoms with van der Waals surface area (Å²) in [6.07, 6.45) is 9.43. The Morgan fingerprint density at radius 2 is 1.27 bits per heavy atom. The van der Waals surface area contributed by atoms with E-state index in [9.17, 15) is 9.90 Å². The summed E-state index contributed by atoms with van der Waals surface area (Å²) < 4.78 is 0. The van der Waals surface area contributed by atoms with Crippen molar-refractivity contribution in [1.82, 2.24) is 0 Å². The van der Waals surface area contributed by atoms with Gasteiger partial charge in [-0.3, -0.25) is 0 Å². The first-order valence-corrected chi connectivity index (χ1v) is 12.3. The van der Waals surface area contributed by atoms with Gasteiger partial charge < -0.3 is 9.90 Å². The molecule has 0 radical (unpaired) electrons. The molecule has 2 heteroatoms. The van der Waals surface area contributed by atoms with E-state index in [1.165, 1.54) is 57.9 Å². The molecule has 0 heterocycles.